The number of alkyl halides is 1. The second-order valence-electron chi connectivity index (χ2n) is 4.98. The number of anilines is 2. The fourth-order valence-corrected chi connectivity index (χ4v) is 2.16. The lowest BCUT2D eigenvalue weighted by molar-refractivity contribution is -0.113. The van der Waals surface area contributed by atoms with Crippen molar-refractivity contribution in [1.82, 2.24) is 0 Å². The molecular formula is C17H17ClN2O2. The van der Waals surface area contributed by atoms with Crippen LogP contribution in [-0.4, -0.2) is 17.7 Å². The number of hydrogen-bond donors (Lipinski definition) is 2. The predicted octanol–water partition coefficient (Wildman–Crippen LogP) is 3.73. The van der Waals surface area contributed by atoms with Crippen LogP contribution in [0, 0.1) is 13.8 Å². The fraction of sp³-hybridized carbons (Fsp3) is 0.176. The van der Waals surface area contributed by atoms with Gasteiger partial charge in [-0.15, -0.1) is 11.6 Å². The molecule has 0 atom stereocenters. The van der Waals surface area contributed by atoms with Crippen LogP contribution in [0.5, 0.6) is 0 Å². The summed E-state index contributed by atoms with van der Waals surface area (Å²) < 4.78 is 0. The Hall–Kier alpha value is -2.33. The van der Waals surface area contributed by atoms with E-state index in [0.29, 0.717) is 11.3 Å². The van der Waals surface area contributed by atoms with E-state index in [1.165, 1.54) is 0 Å². The molecule has 0 saturated heterocycles. The Balaban J connectivity index is 2.12. The molecule has 2 aromatic rings. The van der Waals surface area contributed by atoms with Gasteiger partial charge in [-0.2, -0.15) is 0 Å². The largest absolute Gasteiger partial charge is 0.325 e. The normalized spacial score (nSPS) is 10.1. The Morgan fingerprint density at radius 2 is 1.55 bits per heavy atom. The van der Waals surface area contributed by atoms with Crippen molar-refractivity contribution in [2.24, 2.45) is 0 Å². The first-order valence-corrected chi connectivity index (χ1v) is 7.38. The standard InChI is InChI=1S/C17H17ClN2O2/c1-11-4-3-5-12(2)16(11)20-17(22)13-6-8-14(9-7-13)19-15(21)10-18/h3-9H,10H2,1-2H3,(H,19,21)(H,20,22). The molecule has 0 aromatic heterocycles. The third-order valence-corrected chi connectivity index (χ3v) is 3.51. The Bertz CT molecular complexity index is 676. The number of rotatable bonds is 4. The number of hydrogen-bond acceptors (Lipinski definition) is 2. The van der Waals surface area contributed by atoms with E-state index >= 15 is 0 Å². The van der Waals surface area contributed by atoms with Gasteiger partial charge in [-0.1, -0.05) is 18.2 Å². The highest BCUT2D eigenvalue weighted by Crippen LogP contribution is 2.20. The number of nitrogens with one attached hydrogen (secondary N) is 2. The van der Waals surface area contributed by atoms with E-state index in [-0.39, 0.29) is 17.7 Å². The van der Waals surface area contributed by atoms with E-state index in [9.17, 15) is 9.59 Å². The number of para-hydroxylation sites is 1. The first kappa shape index (κ1) is 16.0. The van der Waals surface area contributed by atoms with Crippen molar-refractivity contribution in [2.45, 2.75) is 13.8 Å². The summed E-state index contributed by atoms with van der Waals surface area (Å²) >= 11 is 5.43. The van der Waals surface area contributed by atoms with Crippen LogP contribution in [0.25, 0.3) is 0 Å². The van der Waals surface area contributed by atoms with Crippen LogP contribution in [0.15, 0.2) is 42.5 Å². The van der Waals surface area contributed by atoms with Crippen molar-refractivity contribution < 1.29 is 9.59 Å². The maximum absolute atomic E-state index is 12.3. The van der Waals surface area contributed by atoms with Gasteiger partial charge in [0.05, 0.1) is 0 Å². The molecule has 2 rings (SSSR count). The molecule has 2 amide bonds. The van der Waals surface area contributed by atoms with Crippen molar-refractivity contribution in [1.29, 1.82) is 0 Å². The molecule has 2 N–H and O–H groups in total. The van der Waals surface area contributed by atoms with Gasteiger partial charge in [0.15, 0.2) is 0 Å². The summed E-state index contributed by atoms with van der Waals surface area (Å²) in [7, 11) is 0. The minimum absolute atomic E-state index is 0.102. The molecule has 0 unspecified atom stereocenters. The highest BCUT2D eigenvalue weighted by Gasteiger charge is 2.10. The zero-order chi connectivity index (χ0) is 16.1. The van der Waals surface area contributed by atoms with Gasteiger partial charge in [-0.25, -0.2) is 0 Å². The van der Waals surface area contributed by atoms with Crippen LogP contribution in [0.1, 0.15) is 21.5 Å². The quantitative estimate of drug-likeness (QED) is 0.844. The monoisotopic (exact) mass is 316 g/mol. The van der Waals surface area contributed by atoms with Crippen molar-refractivity contribution in [3.8, 4) is 0 Å². The van der Waals surface area contributed by atoms with E-state index in [4.69, 9.17) is 11.6 Å². The Morgan fingerprint density at radius 1 is 0.955 bits per heavy atom. The third kappa shape index (κ3) is 3.86. The smallest absolute Gasteiger partial charge is 0.255 e. The van der Waals surface area contributed by atoms with Crippen molar-refractivity contribution in [3.63, 3.8) is 0 Å². The average Bonchev–Trinajstić information content (AvgIpc) is 2.51. The molecule has 0 aliphatic rings. The lowest BCUT2D eigenvalue weighted by atomic mass is 10.1. The number of amides is 2. The molecular weight excluding hydrogens is 300 g/mol. The summed E-state index contributed by atoms with van der Waals surface area (Å²) in [6, 6.07) is 12.5. The molecule has 0 fully saturated rings. The van der Waals surface area contributed by atoms with Crippen molar-refractivity contribution in [3.05, 3.63) is 59.2 Å². The minimum atomic E-state index is -0.283. The molecule has 114 valence electrons. The summed E-state index contributed by atoms with van der Waals surface area (Å²) in [5, 5.41) is 5.54. The van der Waals surface area contributed by atoms with Gasteiger partial charge in [-0.3, -0.25) is 9.59 Å². The topological polar surface area (TPSA) is 58.2 Å². The zero-order valence-electron chi connectivity index (χ0n) is 12.4. The number of aryl methyl sites for hydroxylation is 2. The van der Waals surface area contributed by atoms with Crippen LogP contribution < -0.4 is 10.6 Å². The van der Waals surface area contributed by atoms with Crippen LogP contribution >= 0.6 is 11.6 Å². The molecule has 0 bridgehead atoms. The summed E-state index contributed by atoms with van der Waals surface area (Å²) in [4.78, 5) is 23.5. The van der Waals surface area contributed by atoms with E-state index in [1.54, 1.807) is 24.3 Å². The molecule has 0 saturated carbocycles. The predicted molar refractivity (Wildman–Crippen MR) is 89.7 cm³/mol. The number of halogens is 1. The summed E-state index contributed by atoms with van der Waals surface area (Å²) in [5.74, 6) is -0.573. The second-order valence-corrected chi connectivity index (χ2v) is 5.25. The van der Waals surface area contributed by atoms with Gasteiger partial charge in [0, 0.05) is 16.9 Å². The highest BCUT2D eigenvalue weighted by molar-refractivity contribution is 6.29. The fourth-order valence-electron chi connectivity index (χ4n) is 2.10. The number of benzene rings is 2. The van der Waals surface area contributed by atoms with Crippen molar-refractivity contribution in [2.75, 3.05) is 16.5 Å². The van der Waals surface area contributed by atoms with Crippen LogP contribution in [0.2, 0.25) is 0 Å². The SMILES string of the molecule is Cc1cccc(C)c1NC(=O)c1ccc(NC(=O)CCl)cc1. The molecule has 0 aliphatic heterocycles. The van der Waals surface area contributed by atoms with Gasteiger partial charge in [0.25, 0.3) is 5.91 Å². The van der Waals surface area contributed by atoms with Crippen LogP contribution in [0.4, 0.5) is 11.4 Å². The van der Waals surface area contributed by atoms with Crippen LogP contribution in [0.3, 0.4) is 0 Å². The first-order valence-electron chi connectivity index (χ1n) is 6.84. The molecule has 22 heavy (non-hydrogen) atoms. The summed E-state index contributed by atoms with van der Waals surface area (Å²) in [6.07, 6.45) is 0. The second kappa shape index (κ2) is 7.09. The molecule has 4 nitrogen and oxygen atoms in total. The zero-order valence-corrected chi connectivity index (χ0v) is 13.2. The Kier molecular flexibility index (Phi) is 5.17. The molecule has 5 heteroatoms. The van der Waals surface area contributed by atoms with E-state index < -0.39 is 0 Å². The van der Waals surface area contributed by atoms with Gasteiger partial charge < -0.3 is 10.6 Å². The Labute approximate surface area is 134 Å². The van der Waals surface area contributed by atoms with Crippen LogP contribution in [-0.2, 0) is 4.79 Å². The van der Waals surface area contributed by atoms with Crippen molar-refractivity contribution >= 4 is 34.8 Å². The highest BCUT2D eigenvalue weighted by atomic mass is 35.5. The molecule has 0 aliphatic carbocycles. The summed E-state index contributed by atoms with van der Waals surface area (Å²) in [5.41, 5.74) is 3.98. The minimum Gasteiger partial charge on any atom is -0.325 e. The van der Waals surface area contributed by atoms with Gasteiger partial charge >= 0.3 is 0 Å². The summed E-state index contributed by atoms with van der Waals surface area (Å²) in [6.45, 7) is 3.90. The first-order chi connectivity index (χ1) is 10.5. The van der Waals surface area contributed by atoms with Gasteiger partial charge in [0.1, 0.15) is 5.88 Å². The maximum Gasteiger partial charge on any atom is 0.255 e. The Morgan fingerprint density at radius 3 is 2.09 bits per heavy atom. The average molecular weight is 317 g/mol. The van der Waals surface area contributed by atoms with E-state index in [0.717, 1.165) is 16.8 Å². The third-order valence-electron chi connectivity index (χ3n) is 3.27. The molecule has 0 radical (unpaired) electrons. The molecule has 0 spiro atoms. The lowest BCUT2D eigenvalue weighted by Gasteiger charge is -2.11. The molecule has 2 aromatic carbocycles. The lowest BCUT2D eigenvalue weighted by Crippen LogP contribution is -2.15. The number of carbonyl (C=O) groups excluding carboxylic acids is 2. The van der Waals surface area contributed by atoms with Gasteiger partial charge in [0.2, 0.25) is 5.91 Å². The van der Waals surface area contributed by atoms with Gasteiger partial charge in [-0.05, 0) is 49.2 Å². The maximum atomic E-state index is 12.3. The van der Waals surface area contributed by atoms with E-state index in [2.05, 4.69) is 10.6 Å². The number of carbonyl (C=O) groups is 2. The molecule has 0 heterocycles. The van der Waals surface area contributed by atoms with E-state index in [1.807, 2.05) is 32.0 Å².